The highest BCUT2D eigenvalue weighted by atomic mass is 79.9. The minimum absolute atomic E-state index is 0.0231. The number of anilines is 1. The van der Waals surface area contributed by atoms with Crippen LogP contribution in [0.1, 0.15) is 0 Å². The second kappa shape index (κ2) is 5.44. The van der Waals surface area contributed by atoms with Crippen molar-refractivity contribution in [2.45, 2.75) is 4.90 Å². The molecule has 0 aliphatic carbocycles. The maximum atomic E-state index is 12.7. The van der Waals surface area contributed by atoms with Crippen LogP contribution in [0.2, 0.25) is 5.02 Å². The number of aromatic nitrogens is 1. The van der Waals surface area contributed by atoms with Crippen LogP contribution >= 0.6 is 27.5 Å². The molecule has 0 aliphatic rings. The molecule has 0 fully saturated rings. The minimum Gasteiger partial charge on any atom is -0.263 e. The Labute approximate surface area is 122 Å². The Balaban J connectivity index is 2.32. The fourth-order valence-electron chi connectivity index (χ4n) is 1.28. The topological polar surface area (TPSA) is 59.1 Å². The van der Waals surface area contributed by atoms with Crippen molar-refractivity contribution in [2.75, 3.05) is 4.72 Å². The summed E-state index contributed by atoms with van der Waals surface area (Å²) in [5.74, 6) is -0.510. The molecule has 0 bridgehead atoms. The number of halogens is 3. The molecule has 8 heteroatoms. The van der Waals surface area contributed by atoms with Gasteiger partial charge < -0.3 is 0 Å². The molecule has 2 rings (SSSR count). The highest BCUT2D eigenvalue weighted by Crippen LogP contribution is 2.26. The summed E-state index contributed by atoms with van der Waals surface area (Å²) < 4.78 is 39.5. The predicted molar refractivity (Wildman–Crippen MR) is 74.2 cm³/mol. The standard InChI is InChI=1S/C11H7BrClFN2O2S/c12-9-5-8(2-3-10(9)13)19(17,18)16-11-4-1-7(14)6-15-11/h1-6H,(H,15,16). The van der Waals surface area contributed by atoms with Crippen molar-refractivity contribution in [1.29, 1.82) is 0 Å². The Kier molecular flexibility index (Phi) is 4.07. The Morgan fingerprint density at radius 2 is 2.00 bits per heavy atom. The van der Waals surface area contributed by atoms with Gasteiger partial charge in [0.05, 0.1) is 16.1 Å². The zero-order chi connectivity index (χ0) is 14.0. The third-order valence-corrected chi connectivity index (χ3v) is 4.73. The van der Waals surface area contributed by atoms with E-state index in [1.165, 1.54) is 24.3 Å². The molecular weight excluding hydrogens is 359 g/mol. The first kappa shape index (κ1) is 14.2. The number of rotatable bonds is 3. The molecule has 0 unspecified atom stereocenters. The largest absolute Gasteiger partial charge is 0.263 e. The van der Waals surface area contributed by atoms with Crippen LogP contribution in [0.5, 0.6) is 0 Å². The van der Waals surface area contributed by atoms with Crippen LogP contribution in [0.15, 0.2) is 45.9 Å². The van der Waals surface area contributed by atoms with Crippen LogP contribution in [0.3, 0.4) is 0 Å². The summed E-state index contributed by atoms with van der Waals surface area (Å²) in [4.78, 5) is 3.65. The lowest BCUT2D eigenvalue weighted by Gasteiger charge is -2.08. The summed E-state index contributed by atoms with van der Waals surface area (Å²) in [5, 5.41) is 0.402. The van der Waals surface area contributed by atoms with Gasteiger partial charge in [-0.3, -0.25) is 4.72 Å². The molecule has 1 N–H and O–H groups in total. The van der Waals surface area contributed by atoms with E-state index in [-0.39, 0.29) is 10.7 Å². The molecule has 4 nitrogen and oxygen atoms in total. The first-order valence-electron chi connectivity index (χ1n) is 4.98. The van der Waals surface area contributed by atoms with Gasteiger partial charge in [0.25, 0.3) is 10.0 Å². The predicted octanol–water partition coefficient (Wildman–Crippen LogP) is 3.44. The molecule has 19 heavy (non-hydrogen) atoms. The molecular formula is C11H7BrClFN2O2S. The summed E-state index contributed by atoms with van der Waals surface area (Å²) in [7, 11) is -3.79. The number of hydrogen-bond donors (Lipinski definition) is 1. The Bertz CT molecular complexity index is 707. The van der Waals surface area contributed by atoms with E-state index in [1.54, 1.807) is 0 Å². The van der Waals surface area contributed by atoms with Gasteiger partial charge in [0.2, 0.25) is 0 Å². The number of pyridine rings is 1. The lowest BCUT2D eigenvalue weighted by atomic mass is 10.4. The van der Waals surface area contributed by atoms with Gasteiger partial charge in [-0.1, -0.05) is 11.6 Å². The van der Waals surface area contributed by atoms with Gasteiger partial charge in [-0.15, -0.1) is 0 Å². The first-order chi connectivity index (χ1) is 8.88. The molecule has 0 saturated carbocycles. The van der Waals surface area contributed by atoms with Crippen molar-refractivity contribution < 1.29 is 12.8 Å². The summed E-state index contributed by atoms with van der Waals surface area (Å²) in [5.41, 5.74) is 0. The van der Waals surface area contributed by atoms with Crippen molar-refractivity contribution in [3.8, 4) is 0 Å². The molecule has 0 aliphatic heterocycles. The second-order valence-corrected chi connectivity index (χ2v) is 6.49. The quantitative estimate of drug-likeness (QED) is 0.906. The van der Waals surface area contributed by atoms with Gasteiger partial charge in [0, 0.05) is 4.47 Å². The van der Waals surface area contributed by atoms with Gasteiger partial charge >= 0.3 is 0 Å². The molecule has 1 heterocycles. The van der Waals surface area contributed by atoms with Crippen molar-refractivity contribution in [2.24, 2.45) is 0 Å². The number of hydrogen-bond acceptors (Lipinski definition) is 3. The highest BCUT2D eigenvalue weighted by molar-refractivity contribution is 9.10. The maximum absolute atomic E-state index is 12.7. The van der Waals surface area contributed by atoms with Crippen LogP contribution in [-0.2, 0) is 10.0 Å². The van der Waals surface area contributed by atoms with Crippen LogP contribution in [0.25, 0.3) is 0 Å². The first-order valence-corrected chi connectivity index (χ1v) is 7.63. The van der Waals surface area contributed by atoms with E-state index >= 15 is 0 Å². The molecule has 0 radical (unpaired) electrons. The van der Waals surface area contributed by atoms with Gasteiger partial charge in [-0.2, -0.15) is 0 Å². The van der Waals surface area contributed by atoms with E-state index in [1.807, 2.05) is 0 Å². The monoisotopic (exact) mass is 364 g/mol. The van der Waals surface area contributed by atoms with Gasteiger partial charge in [-0.05, 0) is 46.3 Å². The summed E-state index contributed by atoms with van der Waals surface area (Å²) in [6.45, 7) is 0. The SMILES string of the molecule is O=S(=O)(Nc1ccc(F)cn1)c1ccc(Cl)c(Br)c1. The van der Waals surface area contributed by atoms with Crippen LogP contribution in [0, 0.1) is 5.82 Å². The number of benzene rings is 1. The molecule has 1 aromatic carbocycles. The average Bonchev–Trinajstić information content (AvgIpc) is 2.35. The molecule has 0 atom stereocenters. The minimum atomic E-state index is -3.79. The summed E-state index contributed by atoms with van der Waals surface area (Å²) in [6.07, 6.45) is 0.926. The summed E-state index contributed by atoms with van der Waals surface area (Å²) >= 11 is 8.94. The fourth-order valence-corrected chi connectivity index (χ4v) is 2.96. The summed E-state index contributed by atoms with van der Waals surface area (Å²) in [6, 6.07) is 6.53. The maximum Gasteiger partial charge on any atom is 0.263 e. The van der Waals surface area contributed by atoms with E-state index in [2.05, 4.69) is 25.6 Å². The Hall–Kier alpha value is -1.18. The van der Waals surface area contributed by atoms with Gasteiger partial charge in [0.15, 0.2) is 0 Å². The Morgan fingerprint density at radius 3 is 2.58 bits per heavy atom. The molecule has 2 aromatic rings. The number of nitrogens with zero attached hydrogens (tertiary/aromatic N) is 1. The second-order valence-electron chi connectivity index (χ2n) is 3.54. The van der Waals surface area contributed by atoms with Gasteiger partial charge in [0.1, 0.15) is 11.6 Å². The van der Waals surface area contributed by atoms with E-state index in [0.717, 1.165) is 12.3 Å². The van der Waals surface area contributed by atoms with E-state index in [4.69, 9.17) is 11.6 Å². The normalized spacial score (nSPS) is 11.3. The van der Waals surface area contributed by atoms with E-state index in [9.17, 15) is 12.8 Å². The van der Waals surface area contributed by atoms with E-state index in [0.29, 0.717) is 9.50 Å². The molecule has 0 spiro atoms. The molecule has 0 amide bonds. The molecule has 1 aromatic heterocycles. The smallest absolute Gasteiger partial charge is 0.263 e. The van der Waals surface area contributed by atoms with Crippen molar-refractivity contribution >= 4 is 43.4 Å². The van der Waals surface area contributed by atoms with Crippen LogP contribution in [-0.4, -0.2) is 13.4 Å². The van der Waals surface area contributed by atoms with Crippen molar-refractivity contribution in [3.63, 3.8) is 0 Å². The lowest BCUT2D eigenvalue weighted by molar-refractivity contribution is 0.600. The fraction of sp³-hybridized carbons (Fsp3) is 0. The Morgan fingerprint density at radius 1 is 1.26 bits per heavy atom. The third-order valence-electron chi connectivity index (χ3n) is 2.17. The zero-order valence-corrected chi connectivity index (χ0v) is 12.4. The van der Waals surface area contributed by atoms with Crippen LogP contribution < -0.4 is 4.72 Å². The highest BCUT2D eigenvalue weighted by Gasteiger charge is 2.16. The zero-order valence-electron chi connectivity index (χ0n) is 9.27. The number of nitrogens with one attached hydrogen (secondary N) is 1. The molecule has 0 saturated heterocycles. The van der Waals surface area contributed by atoms with Crippen LogP contribution in [0.4, 0.5) is 10.2 Å². The number of sulfonamides is 1. The van der Waals surface area contributed by atoms with Crippen molar-refractivity contribution in [3.05, 3.63) is 51.8 Å². The third kappa shape index (κ3) is 3.43. The average molecular weight is 366 g/mol. The van der Waals surface area contributed by atoms with Gasteiger partial charge in [-0.25, -0.2) is 17.8 Å². The molecule has 100 valence electrons. The van der Waals surface area contributed by atoms with Crippen molar-refractivity contribution in [1.82, 2.24) is 4.98 Å². The van der Waals surface area contributed by atoms with E-state index < -0.39 is 15.8 Å². The lowest BCUT2D eigenvalue weighted by Crippen LogP contribution is -2.13.